The Kier molecular flexibility index (Phi) is 5.05. The molecule has 1 N–H and O–H groups in total. The van der Waals surface area contributed by atoms with Gasteiger partial charge in [0.2, 0.25) is 0 Å². The van der Waals surface area contributed by atoms with Crippen LogP contribution < -0.4 is 0 Å². The molecule has 1 atom stereocenters. The third-order valence-electron chi connectivity index (χ3n) is 2.87. The lowest BCUT2D eigenvalue weighted by atomic mass is 9.89. The molecule has 0 aliphatic carbocycles. The van der Waals surface area contributed by atoms with Gasteiger partial charge in [0.1, 0.15) is 0 Å². The summed E-state index contributed by atoms with van der Waals surface area (Å²) in [7, 11) is 1.66. The van der Waals surface area contributed by atoms with Crippen molar-refractivity contribution < 1.29 is 19.4 Å². The monoisotopic (exact) mass is 216 g/mol. The summed E-state index contributed by atoms with van der Waals surface area (Å²) < 4.78 is 10.9. The molecular formula is C11H20O4. The fourth-order valence-electron chi connectivity index (χ4n) is 2.12. The second kappa shape index (κ2) is 6.08. The molecule has 0 spiro atoms. The van der Waals surface area contributed by atoms with E-state index in [2.05, 4.69) is 0 Å². The highest BCUT2D eigenvalue weighted by molar-refractivity contribution is 5.66. The lowest BCUT2D eigenvalue weighted by Gasteiger charge is -2.36. The van der Waals surface area contributed by atoms with Crippen LogP contribution in [0, 0.1) is 0 Å². The van der Waals surface area contributed by atoms with Crippen molar-refractivity contribution in [3.63, 3.8) is 0 Å². The molecule has 0 aromatic rings. The Morgan fingerprint density at radius 2 is 2.33 bits per heavy atom. The maximum absolute atomic E-state index is 10.4. The lowest BCUT2D eigenvalue weighted by Crippen LogP contribution is -2.40. The fraction of sp³-hybridized carbons (Fsp3) is 0.909. The second-order valence-corrected chi connectivity index (χ2v) is 4.17. The van der Waals surface area contributed by atoms with Crippen molar-refractivity contribution in [1.82, 2.24) is 0 Å². The number of methoxy groups -OCH3 is 1. The summed E-state index contributed by atoms with van der Waals surface area (Å²) in [5.74, 6) is -0.738. The second-order valence-electron chi connectivity index (χ2n) is 4.17. The minimum Gasteiger partial charge on any atom is -0.481 e. The van der Waals surface area contributed by atoms with Crippen LogP contribution in [0.1, 0.15) is 38.5 Å². The normalized spacial score (nSPS) is 26.5. The predicted octanol–water partition coefficient (Wildman–Crippen LogP) is 1.83. The number of ether oxygens (including phenoxy) is 2. The predicted molar refractivity (Wildman–Crippen MR) is 55.9 cm³/mol. The van der Waals surface area contributed by atoms with Crippen molar-refractivity contribution >= 4 is 5.97 Å². The Balaban J connectivity index is 2.37. The van der Waals surface area contributed by atoms with Crippen LogP contribution >= 0.6 is 0 Å². The Labute approximate surface area is 90.6 Å². The SMILES string of the molecule is COCC1(CCCC(=O)O)CCCCO1. The quantitative estimate of drug-likeness (QED) is 0.736. The summed E-state index contributed by atoms with van der Waals surface area (Å²) in [6.07, 6.45) is 4.90. The first-order valence-electron chi connectivity index (χ1n) is 5.53. The van der Waals surface area contributed by atoms with Gasteiger partial charge in [0, 0.05) is 20.1 Å². The van der Waals surface area contributed by atoms with Crippen molar-refractivity contribution in [1.29, 1.82) is 0 Å². The van der Waals surface area contributed by atoms with Gasteiger partial charge in [-0.15, -0.1) is 0 Å². The molecule has 0 radical (unpaired) electrons. The summed E-state index contributed by atoms with van der Waals surface area (Å²) >= 11 is 0. The van der Waals surface area contributed by atoms with Gasteiger partial charge in [-0.2, -0.15) is 0 Å². The van der Waals surface area contributed by atoms with E-state index in [1.165, 1.54) is 0 Å². The number of rotatable bonds is 6. The molecule has 0 amide bonds. The summed E-state index contributed by atoms with van der Waals surface area (Å²) in [6, 6.07) is 0. The van der Waals surface area contributed by atoms with Gasteiger partial charge in [0.25, 0.3) is 0 Å². The zero-order chi connectivity index (χ0) is 11.1. The van der Waals surface area contributed by atoms with Gasteiger partial charge in [-0.05, 0) is 32.1 Å². The van der Waals surface area contributed by atoms with Gasteiger partial charge >= 0.3 is 5.97 Å². The van der Waals surface area contributed by atoms with E-state index < -0.39 is 5.97 Å². The van der Waals surface area contributed by atoms with Gasteiger partial charge < -0.3 is 14.6 Å². The van der Waals surface area contributed by atoms with Crippen LogP contribution in [-0.4, -0.2) is 37.0 Å². The Morgan fingerprint density at radius 3 is 2.87 bits per heavy atom. The standard InChI is InChI=1S/C11H20O4/c1-14-9-11(6-2-3-8-15-11)7-4-5-10(12)13/h2-9H2,1H3,(H,12,13). The van der Waals surface area contributed by atoms with Crippen molar-refractivity contribution in [3.8, 4) is 0 Å². The Morgan fingerprint density at radius 1 is 1.53 bits per heavy atom. The van der Waals surface area contributed by atoms with Crippen molar-refractivity contribution in [2.75, 3.05) is 20.3 Å². The van der Waals surface area contributed by atoms with Crippen LogP contribution in [0.3, 0.4) is 0 Å². The van der Waals surface area contributed by atoms with E-state index in [0.29, 0.717) is 13.0 Å². The highest BCUT2D eigenvalue weighted by Crippen LogP contribution is 2.30. The van der Waals surface area contributed by atoms with Gasteiger partial charge in [0.15, 0.2) is 0 Å². The third kappa shape index (κ3) is 4.18. The van der Waals surface area contributed by atoms with Crippen molar-refractivity contribution in [2.45, 2.75) is 44.1 Å². The molecule has 1 aliphatic heterocycles. The smallest absolute Gasteiger partial charge is 0.303 e. The zero-order valence-electron chi connectivity index (χ0n) is 9.33. The summed E-state index contributed by atoms with van der Waals surface area (Å²) in [5, 5.41) is 8.58. The van der Waals surface area contributed by atoms with Gasteiger partial charge in [-0.3, -0.25) is 4.79 Å². The number of carboxylic acids is 1. The summed E-state index contributed by atoms with van der Waals surface area (Å²) in [6.45, 7) is 1.35. The molecule has 0 bridgehead atoms. The maximum Gasteiger partial charge on any atom is 0.303 e. The Bertz CT molecular complexity index is 191. The molecule has 0 aromatic heterocycles. The molecule has 1 saturated heterocycles. The van der Waals surface area contributed by atoms with Crippen molar-refractivity contribution in [3.05, 3.63) is 0 Å². The lowest BCUT2D eigenvalue weighted by molar-refractivity contribution is -0.139. The number of hydrogen-bond donors (Lipinski definition) is 1. The van der Waals surface area contributed by atoms with E-state index in [9.17, 15) is 4.79 Å². The molecule has 1 aliphatic rings. The van der Waals surface area contributed by atoms with Crippen LogP contribution in [0.2, 0.25) is 0 Å². The third-order valence-corrected chi connectivity index (χ3v) is 2.87. The number of carbonyl (C=O) groups is 1. The average Bonchev–Trinajstić information content (AvgIpc) is 2.19. The minimum atomic E-state index is -0.738. The van der Waals surface area contributed by atoms with Gasteiger partial charge in [-0.1, -0.05) is 0 Å². The van der Waals surface area contributed by atoms with E-state index in [4.69, 9.17) is 14.6 Å². The van der Waals surface area contributed by atoms with Gasteiger partial charge in [0.05, 0.1) is 12.2 Å². The fourth-order valence-corrected chi connectivity index (χ4v) is 2.12. The van der Waals surface area contributed by atoms with Crippen LogP contribution in [0.15, 0.2) is 0 Å². The van der Waals surface area contributed by atoms with Crippen LogP contribution in [-0.2, 0) is 14.3 Å². The van der Waals surface area contributed by atoms with E-state index in [1.807, 2.05) is 0 Å². The molecular weight excluding hydrogens is 196 g/mol. The molecule has 1 fully saturated rings. The number of hydrogen-bond acceptors (Lipinski definition) is 3. The molecule has 4 nitrogen and oxygen atoms in total. The molecule has 0 saturated carbocycles. The number of carboxylic acid groups (broad SMARTS) is 1. The highest BCUT2D eigenvalue weighted by atomic mass is 16.5. The average molecular weight is 216 g/mol. The first-order valence-corrected chi connectivity index (χ1v) is 5.53. The minimum absolute atomic E-state index is 0.217. The zero-order valence-corrected chi connectivity index (χ0v) is 9.33. The van der Waals surface area contributed by atoms with E-state index >= 15 is 0 Å². The molecule has 0 aromatic carbocycles. The molecule has 4 heteroatoms. The number of aliphatic carboxylic acids is 1. The van der Waals surface area contributed by atoms with Crippen LogP contribution in [0.4, 0.5) is 0 Å². The van der Waals surface area contributed by atoms with Crippen LogP contribution in [0.25, 0.3) is 0 Å². The topological polar surface area (TPSA) is 55.8 Å². The van der Waals surface area contributed by atoms with E-state index in [0.717, 1.165) is 32.3 Å². The first kappa shape index (κ1) is 12.5. The molecule has 1 rings (SSSR count). The molecule has 88 valence electrons. The molecule has 1 heterocycles. The summed E-state index contributed by atoms with van der Waals surface area (Å²) in [5.41, 5.74) is -0.220. The molecule has 15 heavy (non-hydrogen) atoms. The van der Waals surface area contributed by atoms with Crippen LogP contribution in [0.5, 0.6) is 0 Å². The Hall–Kier alpha value is -0.610. The largest absolute Gasteiger partial charge is 0.481 e. The first-order chi connectivity index (χ1) is 7.18. The van der Waals surface area contributed by atoms with E-state index in [1.54, 1.807) is 7.11 Å². The molecule has 1 unspecified atom stereocenters. The van der Waals surface area contributed by atoms with Crippen molar-refractivity contribution in [2.24, 2.45) is 0 Å². The highest BCUT2D eigenvalue weighted by Gasteiger charge is 2.32. The summed E-state index contributed by atoms with van der Waals surface area (Å²) in [4.78, 5) is 10.4. The van der Waals surface area contributed by atoms with Gasteiger partial charge in [-0.25, -0.2) is 0 Å². The van der Waals surface area contributed by atoms with E-state index in [-0.39, 0.29) is 12.0 Å². The maximum atomic E-state index is 10.4.